The molecular formula is C9H12O2. The van der Waals surface area contributed by atoms with E-state index >= 15 is 0 Å². The Morgan fingerprint density at radius 2 is 2.18 bits per heavy atom. The maximum Gasteiger partial charge on any atom is 0.309 e. The van der Waals surface area contributed by atoms with Crippen molar-refractivity contribution in [2.24, 2.45) is 0 Å². The second kappa shape index (κ2) is 6.81. The minimum absolute atomic E-state index is 0.228. The van der Waals surface area contributed by atoms with E-state index < -0.39 is 0 Å². The fraction of sp³-hybridized carbons (Fsp3) is 0.222. The van der Waals surface area contributed by atoms with Gasteiger partial charge in [0.05, 0.1) is 13.5 Å². The normalized spacial score (nSPS) is 10.6. The number of methoxy groups -OCH3 is 1. The van der Waals surface area contributed by atoms with Crippen LogP contribution in [-0.4, -0.2) is 13.1 Å². The van der Waals surface area contributed by atoms with Crippen molar-refractivity contribution in [2.75, 3.05) is 7.11 Å². The van der Waals surface area contributed by atoms with Crippen LogP contribution in [0.1, 0.15) is 6.42 Å². The summed E-state index contributed by atoms with van der Waals surface area (Å²) >= 11 is 0. The Morgan fingerprint density at radius 1 is 1.45 bits per heavy atom. The van der Waals surface area contributed by atoms with E-state index in [9.17, 15) is 4.79 Å². The predicted molar refractivity (Wildman–Crippen MR) is 45.1 cm³/mol. The lowest BCUT2D eigenvalue weighted by Crippen LogP contribution is -1.96. The molecule has 0 amide bonds. The van der Waals surface area contributed by atoms with E-state index in [4.69, 9.17) is 0 Å². The van der Waals surface area contributed by atoms with Crippen LogP contribution in [0.3, 0.4) is 0 Å². The fourth-order valence-corrected chi connectivity index (χ4v) is 0.469. The van der Waals surface area contributed by atoms with Gasteiger partial charge in [0, 0.05) is 0 Å². The number of esters is 1. The van der Waals surface area contributed by atoms with Gasteiger partial charge in [0.1, 0.15) is 0 Å². The molecule has 0 aromatic rings. The molecule has 0 spiro atoms. The van der Waals surface area contributed by atoms with E-state index in [1.165, 1.54) is 7.11 Å². The van der Waals surface area contributed by atoms with Crippen LogP contribution in [0.15, 0.2) is 37.0 Å². The molecule has 0 heterocycles. The van der Waals surface area contributed by atoms with Crippen molar-refractivity contribution in [3.8, 4) is 0 Å². The molecule has 11 heavy (non-hydrogen) atoms. The first-order valence-corrected chi connectivity index (χ1v) is 3.32. The first-order chi connectivity index (χ1) is 5.31. The van der Waals surface area contributed by atoms with Crippen molar-refractivity contribution in [3.63, 3.8) is 0 Å². The molecule has 0 aliphatic rings. The van der Waals surface area contributed by atoms with Crippen LogP contribution in [0.25, 0.3) is 0 Å². The average molecular weight is 152 g/mol. The zero-order chi connectivity index (χ0) is 8.53. The predicted octanol–water partition coefficient (Wildman–Crippen LogP) is 1.85. The topological polar surface area (TPSA) is 26.3 Å². The third kappa shape index (κ3) is 6.58. The molecule has 0 saturated heterocycles. The monoisotopic (exact) mass is 152 g/mol. The molecule has 0 fully saturated rings. The first-order valence-electron chi connectivity index (χ1n) is 3.32. The summed E-state index contributed by atoms with van der Waals surface area (Å²) in [5.74, 6) is -0.228. The minimum Gasteiger partial charge on any atom is -0.469 e. The third-order valence-corrected chi connectivity index (χ3v) is 1.01. The van der Waals surface area contributed by atoms with E-state index in [-0.39, 0.29) is 5.97 Å². The molecule has 0 aromatic carbocycles. The largest absolute Gasteiger partial charge is 0.469 e. The lowest BCUT2D eigenvalue weighted by molar-refractivity contribution is -0.139. The van der Waals surface area contributed by atoms with Crippen LogP contribution in [0.2, 0.25) is 0 Å². The summed E-state index contributed by atoms with van der Waals surface area (Å²) in [6.07, 6.45) is 9.08. The summed E-state index contributed by atoms with van der Waals surface area (Å²) in [4.78, 5) is 10.5. The molecule has 60 valence electrons. The van der Waals surface area contributed by atoms with Gasteiger partial charge in [-0.25, -0.2) is 0 Å². The number of allylic oxidation sites excluding steroid dienone is 4. The van der Waals surface area contributed by atoms with Crippen LogP contribution in [-0.2, 0) is 9.53 Å². The van der Waals surface area contributed by atoms with E-state index in [0.29, 0.717) is 6.42 Å². The Kier molecular flexibility index (Phi) is 5.99. The average Bonchev–Trinajstić information content (AvgIpc) is 2.04. The van der Waals surface area contributed by atoms with Crippen LogP contribution in [0.5, 0.6) is 0 Å². The fourth-order valence-electron chi connectivity index (χ4n) is 0.469. The highest BCUT2D eigenvalue weighted by Gasteiger charge is 1.91. The SMILES string of the molecule is C=C/C=C\C=C/CC(=O)OC. The van der Waals surface area contributed by atoms with Gasteiger partial charge in [-0.15, -0.1) is 0 Å². The molecule has 0 radical (unpaired) electrons. The van der Waals surface area contributed by atoms with Gasteiger partial charge >= 0.3 is 5.97 Å². The van der Waals surface area contributed by atoms with Crippen LogP contribution < -0.4 is 0 Å². The number of carbonyl (C=O) groups is 1. The molecule has 0 saturated carbocycles. The lowest BCUT2D eigenvalue weighted by atomic mass is 10.3. The molecule has 0 aromatic heterocycles. The van der Waals surface area contributed by atoms with E-state index in [2.05, 4.69) is 11.3 Å². The molecule has 0 aliphatic carbocycles. The minimum atomic E-state index is -0.228. The second-order valence-corrected chi connectivity index (χ2v) is 1.83. The Bertz CT molecular complexity index is 178. The summed E-state index contributed by atoms with van der Waals surface area (Å²) in [6, 6.07) is 0. The highest BCUT2D eigenvalue weighted by Crippen LogP contribution is 1.87. The van der Waals surface area contributed by atoms with Gasteiger partial charge in [-0.2, -0.15) is 0 Å². The van der Waals surface area contributed by atoms with E-state index in [0.717, 1.165) is 0 Å². The number of hydrogen-bond donors (Lipinski definition) is 0. The first kappa shape index (κ1) is 9.69. The highest BCUT2D eigenvalue weighted by molar-refractivity contribution is 5.70. The summed E-state index contributed by atoms with van der Waals surface area (Å²) < 4.78 is 4.42. The van der Waals surface area contributed by atoms with Gasteiger partial charge in [-0.05, 0) is 0 Å². The van der Waals surface area contributed by atoms with Crippen molar-refractivity contribution in [2.45, 2.75) is 6.42 Å². The quantitative estimate of drug-likeness (QED) is 0.454. The van der Waals surface area contributed by atoms with Crippen molar-refractivity contribution in [3.05, 3.63) is 37.0 Å². The van der Waals surface area contributed by atoms with E-state index in [1.54, 1.807) is 30.4 Å². The van der Waals surface area contributed by atoms with Gasteiger partial charge in [0.15, 0.2) is 0 Å². The molecule has 2 nitrogen and oxygen atoms in total. The third-order valence-electron chi connectivity index (χ3n) is 1.01. The highest BCUT2D eigenvalue weighted by atomic mass is 16.5. The van der Waals surface area contributed by atoms with Crippen LogP contribution >= 0.6 is 0 Å². The molecule has 0 bridgehead atoms. The molecule has 2 heteroatoms. The summed E-state index contributed by atoms with van der Waals surface area (Å²) in [5.41, 5.74) is 0. The maximum atomic E-state index is 10.5. The molecule has 0 unspecified atom stereocenters. The van der Waals surface area contributed by atoms with E-state index in [1.807, 2.05) is 0 Å². The van der Waals surface area contributed by atoms with Gasteiger partial charge in [0.2, 0.25) is 0 Å². The Morgan fingerprint density at radius 3 is 2.73 bits per heavy atom. The zero-order valence-corrected chi connectivity index (χ0v) is 6.62. The van der Waals surface area contributed by atoms with Gasteiger partial charge in [-0.1, -0.05) is 37.0 Å². The van der Waals surface area contributed by atoms with Gasteiger partial charge in [-0.3, -0.25) is 4.79 Å². The summed E-state index contributed by atoms with van der Waals surface area (Å²) in [7, 11) is 1.37. The zero-order valence-electron chi connectivity index (χ0n) is 6.62. The smallest absolute Gasteiger partial charge is 0.309 e. The van der Waals surface area contributed by atoms with Gasteiger partial charge in [0.25, 0.3) is 0 Å². The molecule has 0 rings (SSSR count). The second-order valence-electron chi connectivity index (χ2n) is 1.83. The number of hydrogen-bond acceptors (Lipinski definition) is 2. The standard InChI is InChI=1S/C9H12O2/c1-3-4-5-6-7-8-9(10)11-2/h3-7H,1,8H2,2H3/b5-4-,7-6-. The molecular weight excluding hydrogens is 140 g/mol. The van der Waals surface area contributed by atoms with Crippen LogP contribution in [0.4, 0.5) is 0 Å². The Labute approximate surface area is 66.9 Å². The van der Waals surface area contributed by atoms with Crippen LogP contribution in [0, 0.1) is 0 Å². The summed E-state index contributed by atoms with van der Waals surface area (Å²) in [6.45, 7) is 3.50. The van der Waals surface area contributed by atoms with Crippen molar-refractivity contribution < 1.29 is 9.53 Å². The summed E-state index contributed by atoms with van der Waals surface area (Å²) in [5, 5.41) is 0. The number of carbonyl (C=O) groups excluding carboxylic acids is 1. The molecule has 0 N–H and O–H groups in total. The lowest BCUT2D eigenvalue weighted by Gasteiger charge is -1.89. The Hall–Kier alpha value is -1.31. The van der Waals surface area contributed by atoms with Crippen molar-refractivity contribution >= 4 is 5.97 Å². The maximum absolute atomic E-state index is 10.5. The molecule has 0 aliphatic heterocycles. The number of rotatable bonds is 4. The van der Waals surface area contributed by atoms with Crippen molar-refractivity contribution in [1.29, 1.82) is 0 Å². The molecule has 0 atom stereocenters. The Balaban J connectivity index is 3.52. The van der Waals surface area contributed by atoms with Crippen molar-refractivity contribution in [1.82, 2.24) is 0 Å². The van der Waals surface area contributed by atoms with Gasteiger partial charge < -0.3 is 4.74 Å². The number of ether oxygens (including phenoxy) is 1.